The first kappa shape index (κ1) is 35.1. The standard InChI is InChI=1S/C39H51NO6/c1-27(2)36-39(4,5)46-38(44)40(36)37(43)32(25-29-19-13-12-14-20-29)35(42)34-26-31(30-21-17-18-28(3)24-30)33(45-34)22-15-10-8-6-7-9-11-16-23-41/h12-14,17-21,24,26-27,32,36,41H,6-11,15-16,22-23,25H2,1-5H3/t32-,36+/m0/s1. The van der Waals surface area contributed by atoms with Crippen LogP contribution in [0.25, 0.3) is 11.1 Å². The number of nitrogens with zero attached hydrogens (tertiary/aromatic N) is 1. The molecule has 7 heteroatoms. The van der Waals surface area contributed by atoms with Crippen LogP contribution in [-0.2, 0) is 22.4 Å². The highest BCUT2D eigenvalue weighted by Crippen LogP contribution is 2.37. The van der Waals surface area contributed by atoms with Gasteiger partial charge in [-0.25, -0.2) is 9.69 Å². The molecule has 2 atom stereocenters. The molecule has 2 amide bonds. The summed E-state index contributed by atoms with van der Waals surface area (Å²) in [4.78, 5) is 43.0. The molecular formula is C39H51NO6. The number of cyclic esters (lactones) is 1. The summed E-state index contributed by atoms with van der Waals surface area (Å²) in [5.41, 5.74) is 2.88. The zero-order chi connectivity index (χ0) is 33.3. The number of aliphatic hydroxyl groups excluding tert-OH is 1. The van der Waals surface area contributed by atoms with Crippen LogP contribution in [0.3, 0.4) is 0 Å². The van der Waals surface area contributed by atoms with Gasteiger partial charge in [-0.05, 0) is 63.1 Å². The molecule has 0 saturated carbocycles. The van der Waals surface area contributed by atoms with Crippen molar-refractivity contribution >= 4 is 17.8 Å². The number of rotatable bonds is 17. The fourth-order valence-corrected chi connectivity index (χ4v) is 6.82. The molecule has 3 aromatic rings. The molecule has 0 aliphatic carbocycles. The van der Waals surface area contributed by atoms with Crippen molar-refractivity contribution < 1.29 is 28.6 Å². The van der Waals surface area contributed by atoms with E-state index in [1.54, 1.807) is 19.9 Å². The van der Waals surface area contributed by atoms with Gasteiger partial charge >= 0.3 is 6.09 Å². The van der Waals surface area contributed by atoms with E-state index in [0.717, 1.165) is 73.0 Å². The van der Waals surface area contributed by atoms with E-state index < -0.39 is 35.3 Å². The Morgan fingerprint density at radius 2 is 1.54 bits per heavy atom. The lowest BCUT2D eigenvalue weighted by Gasteiger charge is -2.32. The van der Waals surface area contributed by atoms with Crippen LogP contribution in [0.4, 0.5) is 4.79 Å². The minimum absolute atomic E-state index is 0.0680. The zero-order valence-electron chi connectivity index (χ0n) is 28.2. The maximum absolute atomic E-state index is 14.4. The van der Waals surface area contributed by atoms with Crippen LogP contribution in [0.2, 0.25) is 0 Å². The lowest BCUT2D eigenvalue weighted by atomic mass is 9.86. The van der Waals surface area contributed by atoms with E-state index in [0.29, 0.717) is 6.42 Å². The first-order chi connectivity index (χ1) is 22.0. The van der Waals surface area contributed by atoms with Crippen LogP contribution >= 0.6 is 0 Å². The molecular weight excluding hydrogens is 578 g/mol. The third-order valence-electron chi connectivity index (χ3n) is 9.00. The van der Waals surface area contributed by atoms with E-state index in [1.807, 2.05) is 69.3 Å². The van der Waals surface area contributed by atoms with Crippen molar-refractivity contribution in [2.24, 2.45) is 11.8 Å². The number of aliphatic hydroxyl groups is 1. The second kappa shape index (κ2) is 16.2. The van der Waals surface area contributed by atoms with Gasteiger partial charge in [-0.1, -0.05) is 113 Å². The molecule has 1 aliphatic heterocycles. The molecule has 2 heterocycles. The van der Waals surface area contributed by atoms with E-state index in [-0.39, 0.29) is 24.7 Å². The highest BCUT2D eigenvalue weighted by molar-refractivity contribution is 6.12. The maximum atomic E-state index is 14.4. The van der Waals surface area contributed by atoms with Gasteiger partial charge in [0.25, 0.3) is 0 Å². The average molecular weight is 630 g/mol. The van der Waals surface area contributed by atoms with Crippen molar-refractivity contribution in [3.8, 4) is 11.1 Å². The lowest BCUT2D eigenvalue weighted by Crippen LogP contribution is -2.51. The minimum atomic E-state index is -1.15. The van der Waals surface area contributed by atoms with Crippen molar-refractivity contribution in [2.75, 3.05) is 6.61 Å². The summed E-state index contributed by atoms with van der Waals surface area (Å²) in [6, 6.07) is 18.8. The molecule has 0 bridgehead atoms. The molecule has 248 valence electrons. The Bertz CT molecular complexity index is 1460. The van der Waals surface area contributed by atoms with Crippen LogP contribution in [0.1, 0.15) is 107 Å². The summed E-state index contributed by atoms with van der Waals surface area (Å²) in [6.07, 6.45) is 8.63. The van der Waals surface area contributed by atoms with Gasteiger partial charge in [-0.2, -0.15) is 0 Å². The Morgan fingerprint density at radius 3 is 2.17 bits per heavy atom. The predicted molar refractivity (Wildman–Crippen MR) is 181 cm³/mol. The Balaban J connectivity index is 1.61. The maximum Gasteiger partial charge on any atom is 0.417 e. The third kappa shape index (κ3) is 8.75. The van der Waals surface area contributed by atoms with Crippen molar-refractivity contribution in [1.82, 2.24) is 4.90 Å². The van der Waals surface area contributed by atoms with Gasteiger partial charge in [0.2, 0.25) is 11.7 Å². The quantitative estimate of drug-likeness (QED) is 0.0911. The monoisotopic (exact) mass is 629 g/mol. The van der Waals surface area contributed by atoms with E-state index in [9.17, 15) is 14.4 Å². The summed E-state index contributed by atoms with van der Waals surface area (Å²) < 4.78 is 12.0. The summed E-state index contributed by atoms with van der Waals surface area (Å²) in [6.45, 7) is 9.81. The summed E-state index contributed by atoms with van der Waals surface area (Å²) in [5.74, 6) is -1.34. The molecule has 0 unspecified atom stereocenters. The van der Waals surface area contributed by atoms with Crippen LogP contribution in [0.5, 0.6) is 0 Å². The number of hydrogen-bond acceptors (Lipinski definition) is 6. The Hall–Kier alpha value is -3.71. The van der Waals surface area contributed by atoms with Crippen molar-refractivity contribution in [1.29, 1.82) is 0 Å². The number of carbonyl (C=O) groups is 3. The highest BCUT2D eigenvalue weighted by atomic mass is 16.6. The largest absolute Gasteiger partial charge is 0.457 e. The van der Waals surface area contributed by atoms with Gasteiger partial charge < -0.3 is 14.3 Å². The molecule has 7 nitrogen and oxygen atoms in total. The van der Waals surface area contributed by atoms with E-state index in [1.165, 1.54) is 11.3 Å². The van der Waals surface area contributed by atoms with Gasteiger partial charge in [-0.3, -0.25) is 9.59 Å². The normalized spacial score (nSPS) is 16.5. The molecule has 46 heavy (non-hydrogen) atoms. The average Bonchev–Trinajstić information content (AvgIpc) is 3.55. The summed E-state index contributed by atoms with van der Waals surface area (Å²) >= 11 is 0. The number of amides is 2. The Labute approximate surface area is 274 Å². The first-order valence-electron chi connectivity index (χ1n) is 17.0. The van der Waals surface area contributed by atoms with Gasteiger partial charge in [0, 0.05) is 18.6 Å². The number of hydrogen-bond donors (Lipinski definition) is 1. The van der Waals surface area contributed by atoms with Crippen LogP contribution in [0.15, 0.2) is 65.1 Å². The smallest absolute Gasteiger partial charge is 0.417 e. The lowest BCUT2D eigenvalue weighted by molar-refractivity contribution is -0.133. The SMILES string of the molecule is Cc1cccc(-c2cc(C(=O)[C@H](Cc3ccccc3)C(=O)N3C(=O)OC(C)(C)[C@H]3C(C)C)oc2CCCCCCCCCCO)c1. The summed E-state index contributed by atoms with van der Waals surface area (Å²) in [7, 11) is 0. The molecule has 4 rings (SSSR count). The van der Waals surface area contributed by atoms with E-state index >= 15 is 0 Å². The Morgan fingerprint density at radius 1 is 0.891 bits per heavy atom. The Kier molecular flexibility index (Phi) is 12.4. The topological polar surface area (TPSA) is 97.1 Å². The van der Waals surface area contributed by atoms with Gasteiger partial charge in [-0.15, -0.1) is 0 Å². The number of aryl methyl sites for hydroxylation is 2. The fourth-order valence-electron chi connectivity index (χ4n) is 6.82. The fraction of sp³-hybridized carbons (Fsp3) is 0.513. The van der Waals surface area contributed by atoms with Crippen molar-refractivity contribution in [2.45, 2.75) is 110 Å². The first-order valence-corrected chi connectivity index (χ1v) is 17.0. The van der Waals surface area contributed by atoms with Crippen molar-refractivity contribution in [3.05, 3.63) is 83.3 Å². The molecule has 1 aromatic heterocycles. The van der Waals surface area contributed by atoms with Gasteiger partial charge in [0.05, 0.1) is 6.04 Å². The second-order valence-corrected chi connectivity index (χ2v) is 13.6. The molecule has 1 fully saturated rings. The third-order valence-corrected chi connectivity index (χ3v) is 9.00. The number of Topliss-reactive ketones (excluding diaryl/α,β-unsaturated/α-hetero) is 1. The van der Waals surface area contributed by atoms with Crippen LogP contribution < -0.4 is 0 Å². The zero-order valence-corrected chi connectivity index (χ0v) is 28.2. The van der Waals surface area contributed by atoms with E-state index in [4.69, 9.17) is 14.3 Å². The highest BCUT2D eigenvalue weighted by Gasteiger charge is 2.54. The number of benzene rings is 2. The number of imide groups is 1. The number of furan rings is 1. The number of carbonyl (C=O) groups excluding carboxylic acids is 3. The second-order valence-electron chi connectivity index (χ2n) is 13.6. The molecule has 1 saturated heterocycles. The van der Waals surface area contributed by atoms with Crippen molar-refractivity contribution in [3.63, 3.8) is 0 Å². The molecule has 2 aromatic carbocycles. The van der Waals surface area contributed by atoms with Gasteiger partial charge in [0.1, 0.15) is 17.3 Å². The molecule has 1 N–H and O–H groups in total. The predicted octanol–water partition coefficient (Wildman–Crippen LogP) is 8.73. The molecule has 0 radical (unpaired) electrons. The van der Waals surface area contributed by atoms with Gasteiger partial charge in [0.15, 0.2) is 5.76 Å². The van der Waals surface area contributed by atoms with Crippen LogP contribution in [0, 0.1) is 18.8 Å². The molecule has 0 spiro atoms. The number of ketones is 1. The number of unbranched alkanes of at least 4 members (excludes halogenated alkanes) is 7. The van der Waals surface area contributed by atoms with Crippen LogP contribution in [-0.4, -0.2) is 46.0 Å². The van der Waals surface area contributed by atoms with E-state index in [2.05, 4.69) is 6.07 Å². The minimum Gasteiger partial charge on any atom is -0.457 e. The number of ether oxygens (including phenoxy) is 1. The summed E-state index contributed by atoms with van der Waals surface area (Å²) in [5, 5.41) is 8.97. The molecule has 1 aliphatic rings.